The summed E-state index contributed by atoms with van der Waals surface area (Å²) in [4.78, 5) is 33.2. The number of Topliss-reactive ketones (excluding diaryl/α,β-unsaturated/α-hetero) is 1. The van der Waals surface area contributed by atoms with E-state index in [-0.39, 0.29) is 35.7 Å². The van der Waals surface area contributed by atoms with E-state index in [1.54, 1.807) is 13.3 Å². The minimum Gasteiger partial charge on any atom is -0.496 e. The maximum absolute atomic E-state index is 13.0. The number of ether oxygens (including phenoxy) is 2. The van der Waals surface area contributed by atoms with Gasteiger partial charge in [-0.05, 0) is 26.8 Å². The lowest BCUT2D eigenvalue weighted by Crippen LogP contribution is -2.24. The van der Waals surface area contributed by atoms with E-state index in [9.17, 15) is 9.59 Å². The zero-order valence-corrected chi connectivity index (χ0v) is 18.9. The lowest BCUT2D eigenvalue weighted by molar-refractivity contribution is -0.117. The van der Waals surface area contributed by atoms with E-state index in [1.807, 2.05) is 38.1 Å². The van der Waals surface area contributed by atoms with Crippen molar-refractivity contribution in [2.24, 2.45) is 0 Å². The fraction of sp³-hybridized carbons (Fsp3) is 0.333. The zero-order chi connectivity index (χ0) is 23.5. The Hall–Kier alpha value is -3.72. The number of carbonyl (C=O) groups excluding carboxylic acids is 1. The highest BCUT2D eigenvalue weighted by Gasteiger charge is 2.25. The van der Waals surface area contributed by atoms with Crippen molar-refractivity contribution in [1.82, 2.24) is 14.5 Å². The molecule has 4 aromatic rings. The zero-order valence-electron chi connectivity index (χ0n) is 18.9. The fourth-order valence-corrected chi connectivity index (χ4v) is 3.74. The van der Waals surface area contributed by atoms with Crippen LogP contribution in [0, 0.1) is 0 Å². The smallest absolute Gasteiger partial charge is 0.284 e. The van der Waals surface area contributed by atoms with Gasteiger partial charge in [-0.3, -0.25) is 9.59 Å². The number of hydrogen-bond donors (Lipinski definition) is 0. The number of nitrogens with zero attached hydrogens (tertiary/aromatic N) is 3. The average molecular weight is 451 g/mol. The summed E-state index contributed by atoms with van der Waals surface area (Å²) in [5.74, 6) is 0.787. The largest absolute Gasteiger partial charge is 0.496 e. The van der Waals surface area contributed by atoms with Crippen LogP contribution in [0.25, 0.3) is 22.9 Å². The molecule has 9 heteroatoms. The molecule has 0 bridgehead atoms. The van der Waals surface area contributed by atoms with Gasteiger partial charge in [-0.1, -0.05) is 18.2 Å². The highest BCUT2D eigenvalue weighted by Crippen LogP contribution is 2.33. The van der Waals surface area contributed by atoms with Gasteiger partial charge in [-0.15, -0.1) is 0 Å². The fourth-order valence-electron chi connectivity index (χ4n) is 3.74. The molecule has 0 aliphatic rings. The molecule has 0 unspecified atom stereocenters. The van der Waals surface area contributed by atoms with E-state index in [4.69, 9.17) is 18.3 Å². The lowest BCUT2D eigenvalue weighted by Gasteiger charge is -2.23. The summed E-state index contributed by atoms with van der Waals surface area (Å²) in [6, 6.07) is 7.61. The molecule has 172 valence electrons. The van der Waals surface area contributed by atoms with Crippen LogP contribution in [0.1, 0.15) is 38.0 Å². The first-order chi connectivity index (χ1) is 15.9. The molecule has 0 spiro atoms. The summed E-state index contributed by atoms with van der Waals surface area (Å²) in [7, 11) is 1.61. The number of rotatable bonds is 9. The third-order valence-corrected chi connectivity index (χ3v) is 5.03. The molecule has 4 rings (SSSR count). The molecule has 0 radical (unpaired) electrons. The number of hydrogen-bond acceptors (Lipinski definition) is 8. The van der Waals surface area contributed by atoms with Gasteiger partial charge in [0.05, 0.1) is 32.1 Å². The van der Waals surface area contributed by atoms with Gasteiger partial charge in [0.25, 0.3) is 17.3 Å². The summed E-state index contributed by atoms with van der Waals surface area (Å²) in [6.07, 6.45) is 4.37. The molecule has 33 heavy (non-hydrogen) atoms. The molecular weight excluding hydrogens is 426 g/mol. The Labute approximate surface area is 190 Å². The Morgan fingerprint density at radius 2 is 2.00 bits per heavy atom. The monoisotopic (exact) mass is 451 g/mol. The number of aromatic nitrogens is 3. The first kappa shape index (κ1) is 22.5. The summed E-state index contributed by atoms with van der Waals surface area (Å²) in [6.45, 7) is 5.25. The Bertz CT molecular complexity index is 1320. The number of benzene rings is 1. The van der Waals surface area contributed by atoms with Crippen molar-refractivity contribution in [1.29, 1.82) is 0 Å². The molecule has 0 aliphatic carbocycles. The first-order valence-corrected chi connectivity index (χ1v) is 10.6. The van der Waals surface area contributed by atoms with Crippen LogP contribution in [0.5, 0.6) is 5.75 Å². The van der Waals surface area contributed by atoms with Gasteiger partial charge < -0.3 is 22.9 Å². The Kier molecular flexibility index (Phi) is 6.41. The number of para-hydroxylation sites is 1. The molecule has 0 N–H and O–H groups in total. The van der Waals surface area contributed by atoms with Crippen molar-refractivity contribution in [3.8, 4) is 17.5 Å². The molecule has 1 atom stereocenters. The third kappa shape index (κ3) is 4.73. The minimum atomic E-state index is -0.427. The lowest BCUT2D eigenvalue weighted by atomic mass is 10.0. The van der Waals surface area contributed by atoms with Gasteiger partial charge in [0.1, 0.15) is 17.8 Å². The van der Waals surface area contributed by atoms with Crippen molar-refractivity contribution < 1.29 is 23.1 Å². The average Bonchev–Trinajstić information content (AvgIpc) is 3.46. The number of pyridine rings is 1. The van der Waals surface area contributed by atoms with Gasteiger partial charge in [-0.2, -0.15) is 4.98 Å². The third-order valence-electron chi connectivity index (χ3n) is 5.03. The second kappa shape index (κ2) is 9.41. The van der Waals surface area contributed by atoms with Crippen LogP contribution in [0.4, 0.5) is 0 Å². The van der Waals surface area contributed by atoms with E-state index < -0.39 is 11.7 Å². The van der Waals surface area contributed by atoms with Crippen molar-refractivity contribution >= 4 is 16.9 Å². The second-order valence-corrected chi connectivity index (χ2v) is 7.94. The Morgan fingerprint density at radius 1 is 1.21 bits per heavy atom. The molecule has 0 amide bonds. The highest BCUT2D eigenvalue weighted by atomic mass is 16.5. The van der Waals surface area contributed by atoms with Crippen LogP contribution in [-0.2, 0) is 22.5 Å². The standard InChI is InChI=1S/C24H25N3O6/c1-14(2)32-19(17-7-5-6-8-18(17)30-4)11-16-13-27(12-15(3)28)24(29)20-21(16)33-23(26-20)22-25-9-10-31-22/h5-10,13-14,19H,11-12H2,1-4H3/t19-/m0/s1. The van der Waals surface area contributed by atoms with E-state index >= 15 is 0 Å². The van der Waals surface area contributed by atoms with Crippen LogP contribution in [0.15, 0.2) is 56.6 Å². The van der Waals surface area contributed by atoms with E-state index in [0.717, 1.165) is 5.56 Å². The van der Waals surface area contributed by atoms with Crippen LogP contribution in [0.3, 0.4) is 0 Å². The minimum absolute atomic E-state index is 0.0730. The van der Waals surface area contributed by atoms with Crippen LogP contribution < -0.4 is 10.3 Å². The molecule has 0 saturated carbocycles. The number of ketones is 1. The van der Waals surface area contributed by atoms with Crippen LogP contribution >= 0.6 is 0 Å². The normalized spacial score (nSPS) is 12.4. The Morgan fingerprint density at radius 3 is 2.67 bits per heavy atom. The Balaban J connectivity index is 1.87. The van der Waals surface area contributed by atoms with Gasteiger partial charge in [-0.25, -0.2) is 4.98 Å². The van der Waals surface area contributed by atoms with Crippen molar-refractivity contribution in [3.05, 3.63) is 64.4 Å². The maximum atomic E-state index is 13.0. The van der Waals surface area contributed by atoms with Gasteiger partial charge in [0.2, 0.25) is 0 Å². The SMILES string of the molecule is COc1ccccc1[C@H](Cc1cn(CC(C)=O)c(=O)c2nc(-c3ncco3)oc12)OC(C)C. The number of carbonyl (C=O) groups is 1. The first-order valence-electron chi connectivity index (χ1n) is 10.6. The molecule has 3 aromatic heterocycles. The molecule has 0 aliphatic heterocycles. The van der Waals surface area contributed by atoms with E-state index in [1.165, 1.54) is 24.0 Å². The topological polar surface area (TPSA) is 110 Å². The van der Waals surface area contributed by atoms with Crippen molar-refractivity contribution in [2.75, 3.05) is 7.11 Å². The molecule has 9 nitrogen and oxygen atoms in total. The van der Waals surface area contributed by atoms with Gasteiger partial charge >= 0.3 is 0 Å². The van der Waals surface area contributed by atoms with Crippen LogP contribution in [-0.4, -0.2) is 33.5 Å². The summed E-state index contributed by atoms with van der Waals surface area (Å²) >= 11 is 0. The quantitative estimate of drug-likeness (QED) is 0.376. The molecule has 0 saturated heterocycles. The molecule has 0 fully saturated rings. The van der Waals surface area contributed by atoms with Crippen LogP contribution in [0.2, 0.25) is 0 Å². The number of fused-ring (bicyclic) bond motifs is 1. The molecule has 1 aromatic carbocycles. The number of methoxy groups -OCH3 is 1. The molecular formula is C24H25N3O6. The predicted octanol–water partition coefficient (Wildman–Crippen LogP) is 3.95. The van der Waals surface area contributed by atoms with Crippen molar-refractivity contribution in [3.63, 3.8) is 0 Å². The number of oxazole rings is 2. The second-order valence-electron chi connectivity index (χ2n) is 7.94. The van der Waals surface area contributed by atoms with E-state index in [0.29, 0.717) is 23.3 Å². The highest BCUT2D eigenvalue weighted by molar-refractivity contribution is 5.79. The molecule has 3 heterocycles. The summed E-state index contributed by atoms with van der Waals surface area (Å²) in [5, 5.41) is 0. The van der Waals surface area contributed by atoms with E-state index in [2.05, 4.69) is 9.97 Å². The predicted molar refractivity (Wildman–Crippen MR) is 120 cm³/mol. The maximum Gasteiger partial charge on any atom is 0.284 e. The van der Waals surface area contributed by atoms with Gasteiger partial charge in [0.15, 0.2) is 11.1 Å². The van der Waals surface area contributed by atoms with Gasteiger partial charge in [0, 0.05) is 23.7 Å². The van der Waals surface area contributed by atoms with Crippen molar-refractivity contribution in [2.45, 2.75) is 45.9 Å². The summed E-state index contributed by atoms with van der Waals surface area (Å²) in [5.41, 5.74) is 1.50. The summed E-state index contributed by atoms with van der Waals surface area (Å²) < 4.78 is 24.3.